The van der Waals surface area contributed by atoms with Gasteiger partial charge in [0.1, 0.15) is 5.75 Å². The number of rotatable bonds is 7. The van der Waals surface area contributed by atoms with Crippen LogP contribution >= 0.6 is 0 Å². The minimum Gasteiger partial charge on any atom is -0.497 e. The summed E-state index contributed by atoms with van der Waals surface area (Å²) in [6.45, 7) is -0.0707. The van der Waals surface area contributed by atoms with Crippen molar-refractivity contribution in [3.05, 3.63) is 42.0 Å². The first-order valence-corrected chi connectivity index (χ1v) is 7.13. The molecule has 0 saturated heterocycles. The molecule has 1 amide bonds. The number of aliphatic carboxylic acids is 1. The van der Waals surface area contributed by atoms with Crippen LogP contribution in [-0.4, -0.2) is 43.9 Å². The maximum Gasteiger partial charge on any atom is 0.334 e. The molecule has 23 heavy (non-hydrogen) atoms. The fourth-order valence-corrected chi connectivity index (χ4v) is 2.31. The Morgan fingerprint density at radius 1 is 1.22 bits per heavy atom. The molecule has 0 heterocycles. The number of amides is 1. The monoisotopic (exact) mass is 317 g/mol. The second kappa shape index (κ2) is 7.60. The minimum absolute atomic E-state index is 0.0707. The van der Waals surface area contributed by atoms with E-state index in [1.54, 1.807) is 7.11 Å². The van der Waals surface area contributed by atoms with Gasteiger partial charge in [0.2, 0.25) is 5.91 Å². The van der Waals surface area contributed by atoms with Crippen molar-refractivity contribution in [3.63, 3.8) is 0 Å². The van der Waals surface area contributed by atoms with Gasteiger partial charge in [0.25, 0.3) is 0 Å². The van der Waals surface area contributed by atoms with Gasteiger partial charge in [0.15, 0.2) is 6.10 Å². The van der Waals surface area contributed by atoms with Gasteiger partial charge in [-0.05, 0) is 28.5 Å². The van der Waals surface area contributed by atoms with Crippen LogP contribution < -0.4 is 10.1 Å². The van der Waals surface area contributed by atoms with E-state index < -0.39 is 12.1 Å². The van der Waals surface area contributed by atoms with E-state index in [1.165, 1.54) is 7.11 Å². The Morgan fingerprint density at radius 3 is 2.65 bits per heavy atom. The van der Waals surface area contributed by atoms with E-state index in [4.69, 9.17) is 14.6 Å². The van der Waals surface area contributed by atoms with E-state index in [-0.39, 0.29) is 18.9 Å². The number of carboxylic acid groups (broad SMARTS) is 1. The van der Waals surface area contributed by atoms with Crippen LogP contribution in [0.2, 0.25) is 0 Å². The lowest BCUT2D eigenvalue weighted by atomic mass is 10.0. The molecule has 2 aromatic rings. The van der Waals surface area contributed by atoms with Gasteiger partial charge in [-0.25, -0.2) is 4.79 Å². The predicted octanol–water partition coefficient (Wildman–Crippen LogP) is 1.61. The molecule has 2 rings (SSSR count). The summed E-state index contributed by atoms with van der Waals surface area (Å²) in [6, 6.07) is 11.4. The number of hydrogen-bond donors (Lipinski definition) is 2. The summed E-state index contributed by atoms with van der Waals surface area (Å²) < 4.78 is 10.0. The Kier molecular flexibility index (Phi) is 5.54. The van der Waals surface area contributed by atoms with Gasteiger partial charge >= 0.3 is 5.97 Å². The number of nitrogens with one attached hydrogen (secondary N) is 1. The Morgan fingerprint density at radius 2 is 2.00 bits per heavy atom. The van der Waals surface area contributed by atoms with Crippen LogP contribution in [0.5, 0.6) is 5.75 Å². The molecular formula is C17H19NO5. The van der Waals surface area contributed by atoms with Crippen LogP contribution in [0.3, 0.4) is 0 Å². The van der Waals surface area contributed by atoms with Gasteiger partial charge in [-0.15, -0.1) is 0 Å². The van der Waals surface area contributed by atoms with Crippen molar-refractivity contribution in [2.24, 2.45) is 0 Å². The number of hydrogen-bond acceptors (Lipinski definition) is 4. The van der Waals surface area contributed by atoms with Crippen molar-refractivity contribution in [3.8, 4) is 5.75 Å². The summed E-state index contributed by atoms with van der Waals surface area (Å²) in [6.07, 6.45) is -0.896. The summed E-state index contributed by atoms with van der Waals surface area (Å²) in [5.74, 6) is -0.651. The number of fused-ring (bicyclic) bond motifs is 1. The third-order valence-electron chi connectivity index (χ3n) is 3.58. The SMILES string of the molecule is COc1ccc2cccc(CC(=O)NCC(OC)C(=O)O)c2c1. The van der Waals surface area contributed by atoms with E-state index >= 15 is 0 Å². The fourth-order valence-electron chi connectivity index (χ4n) is 2.31. The largest absolute Gasteiger partial charge is 0.497 e. The summed E-state index contributed by atoms with van der Waals surface area (Å²) in [5.41, 5.74) is 0.850. The Balaban J connectivity index is 2.11. The van der Waals surface area contributed by atoms with E-state index in [1.807, 2.05) is 36.4 Å². The smallest absolute Gasteiger partial charge is 0.334 e. The van der Waals surface area contributed by atoms with Gasteiger partial charge in [0, 0.05) is 7.11 Å². The minimum atomic E-state index is -1.11. The zero-order chi connectivity index (χ0) is 16.8. The quantitative estimate of drug-likeness (QED) is 0.810. The van der Waals surface area contributed by atoms with Gasteiger partial charge in [-0.3, -0.25) is 4.79 Å². The fraction of sp³-hybridized carbons (Fsp3) is 0.294. The van der Waals surface area contributed by atoms with E-state index in [0.717, 1.165) is 22.1 Å². The molecular weight excluding hydrogens is 298 g/mol. The molecule has 0 aliphatic carbocycles. The van der Waals surface area contributed by atoms with Crippen LogP contribution in [0.15, 0.2) is 36.4 Å². The highest BCUT2D eigenvalue weighted by Gasteiger charge is 2.17. The van der Waals surface area contributed by atoms with Crippen LogP contribution in [0.4, 0.5) is 0 Å². The first-order chi connectivity index (χ1) is 11.0. The number of carboxylic acids is 1. The maximum absolute atomic E-state index is 12.1. The Bertz CT molecular complexity index is 713. The average Bonchev–Trinajstić information content (AvgIpc) is 2.55. The topological polar surface area (TPSA) is 84.9 Å². The van der Waals surface area contributed by atoms with Crippen LogP contribution in [0.25, 0.3) is 10.8 Å². The Hall–Kier alpha value is -2.60. The van der Waals surface area contributed by atoms with Gasteiger partial charge in [0.05, 0.1) is 20.1 Å². The second-order valence-corrected chi connectivity index (χ2v) is 5.05. The lowest BCUT2D eigenvalue weighted by molar-refractivity contribution is -0.148. The highest BCUT2D eigenvalue weighted by atomic mass is 16.5. The maximum atomic E-state index is 12.1. The number of ether oxygens (including phenoxy) is 2. The average molecular weight is 317 g/mol. The van der Waals surface area contributed by atoms with Crippen molar-refractivity contribution in [2.75, 3.05) is 20.8 Å². The van der Waals surface area contributed by atoms with E-state index in [9.17, 15) is 9.59 Å². The molecule has 2 aromatic carbocycles. The number of carbonyl (C=O) groups is 2. The molecule has 6 heteroatoms. The highest BCUT2D eigenvalue weighted by Crippen LogP contribution is 2.24. The van der Waals surface area contributed by atoms with Crippen molar-refractivity contribution in [2.45, 2.75) is 12.5 Å². The van der Waals surface area contributed by atoms with E-state index in [2.05, 4.69) is 5.32 Å². The van der Waals surface area contributed by atoms with Crippen LogP contribution in [0, 0.1) is 0 Å². The van der Waals surface area contributed by atoms with E-state index in [0.29, 0.717) is 0 Å². The predicted molar refractivity (Wildman–Crippen MR) is 85.6 cm³/mol. The van der Waals surface area contributed by atoms with Crippen molar-refractivity contribution < 1.29 is 24.2 Å². The first kappa shape index (κ1) is 16.8. The summed E-state index contributed by atoms with van der Waals surface area (Å²) in [5, 5.41) is 13.4. The molecule has 1 atom stereocenters. The first-order valence-electron chi connectivity index (χ1n) is 7.13. The molecule has 1 unspecified atom stereocenters. The number of carbonyl (C=O) groups excluding carboxylic acids is 1. The zero-order valence-electron chi connectivity index (χ0n) is 13.0. The molecule has 0 spiro atoms. The number of benzene rings is 2. The second-order valence-electron chi connectivity index (χ2n) is 5.05. The molecule has 0 aliphatic heterocycles. The molecule has 0 radical (unpaired) electrons. The molecule has 0 saturated carbocycles. The third kappa shape index (κ3) is 4.20. The van der Waals surface area contributed by atoms with Gasteiger partial charge < -0.3 is 19.9 Å². The molecule has 0 fully saturated rings. The van der Waals surface area contributed by atoms with Crippen molar-refractivity contribution >= 4 is 22.6 Å². The van der Waals surface area contributed by atoms with Crippen LogP contribution in [-0.2, 0) is 20.7 Å². The molecule has 122 valence electrons. The lowest BCUT2D eigenvalue weighted by Gasteiger charge is -2.12. The molecule has 2 N–H and O–H groups in total. The molecule has 0 bridgehead atoms. The summed E-state index contributed by atoms with van der Waals surface area (Å²) in [4.78, 5) is 22.9. The Labute approximate surface area is 134 Å². The van der Waals surface area contributed by atoms with Gasteiger partial charge in [-0.1, -0.05) is 24.3 Å². The third-order valence-corrected chi connectivity index (χ3v) is 3.58. The van der Waals surface area contributed by atoms with Crippen molar-refractivity contribution in [1.82, 2.24) is 5.32 Å². The number of methoxy groups -OCH3 is 2. The standard InChI is InChI=1S/C17H19NO5/c1-22-13-7-6-11-4-3-5-12(14(11)9-13)8-16(19)18-10-15(23-2)17(20)21/h3-7,9,15H,8,10H2,1-2H3,(H,18,19)(H,20,21). The molecule has 6 nitrogen and oxygen atoms in total. The highest BCUT2D eigenvalue weighted by molar-refractivity contribution is 5.91. The summed E-state index contributed by atoms with van der Waals surface area (Å²) in [7, 11) is 2.88. The normalized spacial score (nSPS) is 11.9. The zero-order valence-corrected chi connectivity index (χ0v) is 13.0. The van der Waals surface area contributed by atoms with Crippen molar-refractivity contribution in [1.29, 1.82) is 0 Å². The van der Waals surface area contributed by atoms with Gasteiger partial charge in [-0.2, -0.15) is 0 Å². The lowest BCUT2D eigenvalue weighted by Crippen LogP contribution is -2.38. The summed E-state index contributed by atoms with van der Waals surface area (Å²) >= 11 is 0. The molecule has 0 aliphatic rings. The van der Waals surface area contributed by atoms with Crippen LogP contribution in [0.1, 0.15) is 5.56 Å². The molecule has 0 aromatic heterocycles.